The number of fused-ring (bicyclic) bond motifs is 1. The van der Waals surface area contributed by atoms with Crippen LogP contribution >= 0.6 is 0 Å². The Balaban J connectivity index is 1.27. The van der Waals surface area contributed by atoms with Crippen molar-refractivity contribution in [1.82, 2.24) is 5.32 Å². The van der Waals surface area contributed by atoms with E-state index in [9.17, 15) is 9.59 Å². The molecule has 4 rings (SSSR count). The van der Waals surface area contributed by atoms with Gasteiger partial charge in [0.05, 0.1) is 0 Å². The Labute approximate surface area is 154 Å². The average Bonchev–Trinajstić information content (AvgIpc) is 3.33. The lowest BCUT2D eigenvalue weighted by molar-refractivity contribution is -0.121. The van der Waals surface area contributed by atoms with Crippen LogP contribution in [0.2, 0.25) is 0 Å². The second-order valence-electron chi connectivity index (χ2n) is 7.68. The zero-order valence-corrected chi connectivity index (χ0v) is 15.1. The second-order valence-corrected chi connectivity index (χ2v) is 7.68. The summed E-state index contributed by atoms with van der Waals surface area (Å²) in [7, 11) is 0. The smallest absolute Gasteiger partial charge is 0.220 e. The van der Waals surface area contributed by atoms with E-state index in [1.165, 1.54) is 23.1 Å². The first kappa shape index (κ1) is 17.0. The minimum Gasteiger partial charge on any atom is -0.355 e. The van der Waals surface area contributed by atoms with Gasteiger partial charge in [0.2, 0.25) is 5.91 Å². The Morgan fingerprint density at radius 3 is 2.46 bits per heavy atom. The number of ketones is 1. The first-order chi connectivity index (χ1) is 12.7. The molecule has 1 N–H and O–H groups in total. The molecule has 0 atom stereocenters. The molecule has 0 aliphatic heterocycles. The van der Waals surface area contributed by atoms with E-state index in [-0.39, 0.29) is 29.9 Å². The van der Waals surface area contributed by atoms with Crippen molar-refractivity contribution >= 4 is 11.7 Å². The van der Waals surface area contributed by atoms with E-state index in [2.05, 4.69) is 23.5 Å². The molecule has 1 fully saturated rings. The molecule has 26 heavy (non-hydrogen) atoms. The third-order valence-corrected chi connectivity index (χ3v) is 5.86. The van der Waals surface area contributed by atoms with Crippen molar-refractivity contribution in [2.24, 2.45) is 0 Å². The molecule has 0 heterocycles. The highest BCUT2D eigenvalue weighted by molar-refractivity contribution is 5.98. The van der Waals surface area contributed by atoms with Gasteiger partial charge in [-0.3, -0.25) is 9.59 Å². The number of aryl methyl sites for hydroxylation is 2. The van der Waals surface area contributed by atoms with E-state index in [0.29, 0.717) is 6.54 Å². The van der Waals surface area contributed by atoms with Crippen LogP contribution in [0.15, 0.2) is 48.5 Å². The van der Waals surface area contributed by atoms with Crippen LogP contribution in [0, 0.1) is 0 Å². The number of hydrogen-bond acceptors (Lipinski definition) is 2. The Hall–Kier alpha value is -2.42. The van der Waals surface area contributed by atoms with Gasteiger partial charge < -0.3 is 5.32 Å². The largest absolute Gasteiger partial charge is 0.355 e. The van der Waals surface area contributed by atoms with Crippen LogP contribution in [0.25, 0.3) is 0 Å². The van der Waals surface area contributed by atoms with Crippen LogP contribution in [-0.2, 0) is 23.1 Å². The molecule has 1 saturated carbocycles. The van der Waals surface area contributed by atoms with E-state index in [1.807, 2.05) is 30.3 Å². The van der Waals surface area contributed by atoms with Crippen molar-refractivity contribution in [3.8, 4) is 0 Å². The number of carbonyl (C=O) groups is 2. The van der Waals surface area contributed by atoms with Gasteiger partial charge in [0.1, 0.15) is 0 Å². The van der Waals surface area contributed by atoms with Gasteiger partial charge in [-0.05, 0) is 54.9 Å². The highest BCUT2D eigenvalue weighted by Crippen LogP contribution is 2.47. The molecule has 134 valence electrons. The number of carbonyl (C=O) groups excluding carboxylic acids is 2. The fraction of sp³-hybridized carbons (Fsp3) is 0.391. The summed E-state index contributed by atoms with van der Waals surface area (Å²) in [5, 5.41) is 3.04. The zero-order chi connectivity index (χ0) is 18.0. The van der Waals surface area contributed by atoms with Gasteiger partial charge >= 0.3 is 0 Å². The highest BCUT2D eigenvalue weighted by Gasteiger charge is 2.44. The summed E-state index contributed by atoms with van der Waals surface area (Å²) in [5.41, 5.74) is 4.84. The van der Waals surface area contributed by atoms with Crippen molar-refractivity contribution in [2.75, 3.05) is 6.54 Å². The predicted molar refractivity (Wildman–Crippen MR) is 102 cm³/mol. The van der Waals surface area contributed by atoms with Crippen LogP contribution in [0.5, 0.6) is 0 Å². The molecule has 0 unspecified atom stereocenters. The van der Waals surface area contributed by atoms with E-state index < -0.39 is 0 Å². The molecule has 0 aromatic heterocycles. The van der Waals surface area contributed by atoms with Crippen LogP contribution in [0.4, 0.5) is 0 Å². The summed E-state index contributed by atoms with van der Waals surface area (Å²) < 4.78 is 0. The quantitative estimate of drug-likeness (QED) is 0.770. The fourth-order valence-electron chi connectivity index (χ4n) is 3.98. The van der Waals surface area contributed by atoms with Gasteiger partial charge in [0.15, 0.2) is 5.78 Å². The number of amides is 1. The summed E-state index contributed by atoms with van der Waals surface area (Å²) in [6.07, 6.45) is 6.15. The van der Waals surface area contributed by atoms with Gasteiger partial charge in [-0.15, -0.1) is 0 Å². The average molecular weight is 347 g/mol. The van der Waals surface area contributed by atoms with E-state index in [1.54, 1.807) is 0 Å². The number of rotatable bonds is 7. The highest BCUT2D eigenvalue weighted by atomic mass is 16.2. The molecule has 0 bridgehead atoms. The maximum atomic E-state index is 12.4. The van der Waals surface area contributed by atoms with E-state index in [4.69, 9.17) is 0 Å². The third kappa shape index (κ3) is 3.57. The van der Waals surface area contributed by atoms with Gasteiger partial charge in [-0.25, -0.2) is 0 Å². The Morgan fingerprint density at radius 2 is 1.69 bits per heavy atom. The maximum Gasteiger partial charge on any atom is 0.220 e. The minimum atomic E-state index is -0.0262. The van der Waals surface area contributed by atoms with Crippen LogP contribution in [0.3, 0.4) is 0 Å². The number of benzene rings is 2. The van der Waals surface area contributed by atoms with Crippen LogP contribution in [-0.4, -0.2) is 18.2 Å². The number of Topliss-reactive ketones (excluding diaryl/α,β-unsaturated/α-hetero) is 1. The lowest BCUT2D eigenvalue weighted by Crippen LogP contribution is -2.32. The molecule has 2 aromatic rings. The fourth-order valence-corrected chi connectivity index (χ4v) is 3.98. The lowest BCUT2D eigenvalue weighted by Gasteiger charge is -2.16. The third-order valence-electron chi connectivity index (χ3n) is 5.86. The normalized spacial score (nSPS) is 16.8. The van der Waals surface area contributed by atoms with Crippen LogP contribution < -0.4 is 5.32 Å². The number of nitrogens with one attached hydrogen (secondary N) is 1. The Kier molecular flexibility index (Phi) is 4.62. The summed E-state index contributed by atoms with van der Waals surface area (Å²) >= 11 is 0. The molecule has 0 radical (unpaired) electrons. The molecule has 3 nitrogen and oxygen atoms in total. The molecule has 0 spiro atoms. The first-order valence-corrected chi connectivity index (χ1v) is 9.64. The second kappa shape index (κ2) is 7.06. The topological polar surface area (TPSA) is 46.2 Å². The van der Waals surface area contributed by atoms with Crippen molar-refractivity contribution in [3.63, 3.8) is 0 Å². The molecular formula is C23H25NO2. The van der Waals surface area contributed by atoms with E-state index >= 15 is 0 Å². The molecular weight excluding hydrogens is 322 g/mol. The monoisotopic (exact) mass is 347 g/mol. The molecule has 2 aliphatic rings. The zero-order valence-electron chi connectivity index (χ0n) is 15.1. The van der Waals surface area contributed by atoms with Gasteiger partial charge in [-0.1, -0.05) is 42.5 Å². The van der Waals surface area contributed by atoms with Crippen molar-refractivity contribution in [1.29, 1.82) is 0 Å². The SMILES string of the molecule is O=C(CCC(=O)c1ccc2c(c1)CCC2)NCC1(c2ccccc2)CC1. The molecule has 1 amide bonds. The summed E-state index contributed by atoms with van der Waals surface area (Å²) in [4.78, 5) is 24.6. The number of hydrogen-bond donors (Lipinski definition) is 1. The Morgan fingerprint density at radius 1 is 0.923 bits per heavy atom. The van der Waals surface area contributed by atoms with Crippen molar-refractivity contribution < 1.29 is 9.59 Å². The maximum absolute atomic E-state index is 12.4. The molecule has 2 aliphatic carbocycles. The predicted octanol–water partition coefficient (Wildman–Crippen LogP) is 3.99. The lowest BCUT2D eigenvalue weighted by atomic mass is 9.96. The standard InChI is InChI=1S/C23H25NO2/c25-21(19-10-9-17-5-4-6-18(17)15-19)11-12-22(26)24-16-23(13-14-23)20-7-2-1-3-8-20/h1-3,7-10,15H,4-6,11-14,16H2,(H,24,26). The summed E-state index contributed by atoms with van der Waals surface area (Å²) in [6.45, 7) is 0.670. The van der Waals surface area contributed by atoms with Crippen LogP contribution in [0.1, 0.15) is 59.2 Å². The minimum absolute atomic E-state index is 0.0262. The van der Waals surface area contributed by atoms with Gasteiger partial charge in [0, 0.05) is 30.4 Å². The van der Waals surface area contributed by atoms with E-state index in [0.717, 1.165) is 31.2 Å². The summed E-state index contributed by atoms with van der Waals surface area (Å²) in [5.74, 6) is 0.0424. The van der Waals surface area contributed by atoms with Crippen molar-refractivity contribution in [3.05, 3.63) is 70.8 Å². The first-order valence-electron chi connectivity index (χ1n) is 9.64. The van der Waals surface area contributed by atoms with Gasteiger partial charge in [-0.2, -0.15) is 0 Å². The Bertz CT molecular complexity index is 821. The molecule has 2 aromatic carbocycles. The van der Waals surface area contributed by atoms with Crippen molar-refractivity contribution in [2.45, 2.75) is 50.4 Å². The van der Waals surface area contributed by atoms with Gasteiger partial charge in [0.25, 0.3) is 0 Å². The molecule has 0 saturated heterocycles. The molecule has 3 heteroatoms. The summed E-state index contributed by atoms with van der Waals surface area (Å²) in [6, 6.07) is 16.4.